The highest BCUT2D eigenvalue weighted by Crippen LogP contribution is 2.37. The highest BCUT2D eigenvalue weighted by Gasteiger charge is 2.43. The molecule has 150 valence electrons. The van der Waals surface area contributed by atoms with Gasteiger partial charge in [-0.2, -0.15) is 0 Å². The van der Waals surface area contributed by atoms with Gasteiger partial charge in [0, 0.05) is 18.0 Å². The SMILES string of the molecule is CCCOC(=O)c1ccc(N2C(=O)C(c3cccs3)=C(N3CCCC3)C2=O)cc1. The molecule has 3 heterocycles. The van der Waals surface area contributed by atoms with Gasteiger partial charge in [-0.15, -0.1) is 11.3 Å². The van der Waals surface area contributed by atoms with E-state index in [4.69, 9.17) is 4.74 Å². The second-order valence-electron chi connectivity index (χ2n) is 7.02. The van der Waals surface area contributed by atoms with Gasteiger partial charge in [0.05, 0.1) is 23.4 Å². The van der Waals surface area contributed by atoms with Crippen LogP contribution in [0.4, 0.5) is 5.69 Å². The number of anilines is 1. The van der Waals surface area contributed by atoms with Gasteiger partial charge >= 0.3 is 5.97 Å². The van der Waals surface area contributed by atoms with Gasteiger partial charge in [-0.3, -0.25) is 9.59 Å². The fourth-order valence-electron chi connectivity index (χ4n) is 3.65. The predicted octanol–water partition coefficient (Wildman–Crippen LogP) is 3.70. The molecule has 1 aromatic carbocycles. The van der Waals surface area contributed by atoms with Crippen LogP contribution in [0, 0.1) is 0 Å². The quantitative estimate of drug-likeness (QED) is 0.537. The molecule has 0 N–H and O–H groups in total. The Balaban J connectivity index is 1.65. The minimum atomic E-state index is -0.410. The van der Waals surface area contributed by atoms with Gasteiger partial charge in [-0.25, -0.2) is 9.69 Å². The monoisotopic (exact) mass is 410 g/mol. The molecule has 1 fully saturated rings. The number of esters is 1. The van der Waals surface area contributed by atoms with Gasteiger partial charge in [0.25, 0.3) is 11.8 Å². The first-order valence-corrected chi connectivity index (χ1v) is 10.7. The van der Waals surface area contributed by atoms with Crippen molar-refractivity contribution in [1.29, 1.82) is 0 Å². The highest BCUT2D eigenvalue weighted by molar-refractivity contribution is 7.11. The van der Waals surface area contributed by atoms with E-state index in [1.165, 1.54) is 16.2 Å². The Morgan fingerprint density at radius 1 is 1.07 bits per heavy atom. The zero-order valence-electron chi connectivity index (χ0n) is 16.2. The average Bonchev–Trinajstić information content (AvgIpc) is 3.47. The first kappa shape index (κ1) is 19.4. The van der Waals surface area contributed by atoms with Crippen LogP contribution >= 0.6 is 11.3 Å². The Hall–Kier alpha value is -2.93. The summed E-state index contributed by atoms with van der Waals surface area (Å²) in [6, 6.07) is 10.2. The lowest BCUT2D eigenvalue weighted by molar-refractivity contribution is -0.120. The van der Waals surface area contributed by atoms with E-state index >= 15 is 0 Å². The summed E-state index contributed by atoms with van der Waals surface area (Å²) in [5.74, 6) is -1.03. The maximum Gasteiger partial charge on any atom is 0.338 e. The molecule has 0 atom stereocenters. The molecule has 0 bridgehead atoms. The standard InChI is InChI=1S/C22H22N2O4S/c1-2-13-28-22(27)15-7-9-16(10-8-15)24-20(25)18(17-6-5-14-29-17)19(21(24)26)23-11-3-4-12-23/h5-10,14H,2-4,11-13H2,1H3. The third kappa shape index (κ3) is 3.58. The number of carbonyl (C=O) groups excluding carboxylic acids is 3. The van der Waals surface area contributed by atoms with Crippen LogP contribution in [0.15, 0.2) is 47.5 Å². The lowest BCUT2D eigenvalue weighted by Crippen LogP contribution is -2.34. The molecule has 2 amide bonds. The molecule has 0 unspecified atom stereocenters. The number of amides is 2. The molecule has 2 aromatic rings. The predicted molar refractivity (Wildman–Crippen MR) is 112 cm³/mol. The Bertz CT molecular complexity index is 957. The van der Waals surface area contributed by atoms with Crippen LogP contribution in [0.1, 0.15) is 41.4 Å². The fourth-order valence-corrected chi connectivity index (χ4v) is 4.42. The van der Waals surface area contributed by atoms with Crippen molar-refractivity contribution in [3.05, 3.63) is 57.9 Å². The zero-order chi connectivity index (χ0) is 20.4. The molecule has 7 heteroatoms. The fraction of sp³-hybridized carbons (Fsp3) is 0.318. The maximum atomic E-state index is 13.3. The Morgan fingerprint density at radius 3 is 2.41 bits per heavy atom. The van der Waals surface area contributed by atoms with E-state index in [0.29, 0.717) is 29.1 Å². The molecule has 29 heavy (non-hydrogen) atoms. The van der Waals surface area contributed by atoms with Crippen LogP contribution in [-0.4, -0.2) is 42.4 Å². The van der Waals surface area contributed by atoms with E-state index in [1.54, 1.807) is 24.3 Å². The maximum absolute atomic E-state index is 13.3. The van der Waals surface area contributed by atoms with Crippen molar-refractivity contribution < 1.29 is 19.1 Å². The van der Waals surface area contributed by atoms with Crippen molar-refractivity contribution in [3.8, 4) is 0 Å². The van der Waals surface area contributed by atoms with Gasteiger partial charge in [-0.1, -0.05) is 13.0 Å². The number of hydrogen-bond acceptors (Lipinski definition) is 6. The molecule has 0 spiro atoms. The van der Waals surface area contributed by atoms with Crippen molar-refractivity contribution >= 4 is 40.4 Å². The van der Waals surface area contributed by atoms with Gasteiger partial charge in [0.15, 0.2) is 0 Å². The molecule has 0 aliphatic carbocycles. The summed E-state index contributed by atoms with van der Waals surface area (Å²) >= 11 is 1.45. The van der Waals surface area contributed by atoms with E-state index in [1.807, 2.05) is 29.3 Å². The zero-order valence-corrected chi connectivity index (χ0v) is 17.0. The van der Waals surface area contributed by atoms with Crippen LogP contribution in [0.3, 0.4) is 0 Å². The Labute approximate surface area is 173 Å². The van der Waals surface area contributed by atoms with E-state index < -0.39 is 5.97 Å². The number of hydrogen-bond donors (Lipinski definition) is 0. The number of likely N-dealkylation sites (tertiary alicyclic amines) is 1. The van der Waals surface area contributed by atoms with Crippen molar-refractivity contribution in [2.45, 2.75) is 26.2 Å². The lowest BCUT2D eigenvalue weighted by Gasteiger charge is -2.20. The van der Waals surface area contributed by atoms with E-state index in [9.17, 15) is 14.4 Å². The van der Waals surface area contributed by atoms with Crippen molar-refractivity contribution in [3.63, 3.8) is 0 Å². The van der Waals surface area contributed by atoms with E-state index in [2.05, 4.69) is 0 Å². The van der Waals surface area contributed by atoms with E-state index in [0.717, 1.165) is 37.2 Å². The molecule has 2 aliphatic heterocycles. The first-order chi connectivity index (χ1) is 14.1. The minimum absolute atomic E-state index is 0.304. The number of imide groups is 1. The van der Waals surface area contributed by atoms with Crippen LogP contribution in [-0.2, 0) is 14.3 Å². The summed E-state index contributed by atoms with van der Waals surface area (Å²) in [5.41, 5.74) is 1.81. The molecular formula is C22H22N2O4S. The summed E-state index contributed by atoms with van der Waals surface area (Å²) in [7, 11) is 0. The Kier molecular flexibility index (Phi) is 5.49. The molecule has 1 saturated heterocycles. The summed E-state index contributed by atoms with van der Waals surface area (Å²) in [6.45, 7) is 3.84. The molecule has 6 nitrogen and oxygen atoms in total. The number of benzene rings is 1. The van der Waals surface area contributed by atoms with Gasteiger partial charge < -0.3 is 9.64 Å². The minimum Gasteiger partial charge on any atom is -0.462 e. The summed E-state index contributed by atoms with van der Waals surface area (Å²) < 4.78 is 5.14. The topological polar surface area (TPSA) is 66.9 Å². The third-order valence-corrected chi connectivity index (χ3v) is 5.94. The molecule has 0 radical (unpaired) electrons. The van der Waals surface area contributed by atoms with E-state index in [-0.39, 0.29) is 11.8 Å². The van der Waals surface area contributed by atoms with Crippen molar-refractivity contribution in [2.24, 2.45) is 0 Å². The van der Waals surface area contributed by atoms with Crippen LogP contribution < -0.4 is 4.90 Å². The molecule has 0 saturated carbocycles. The summed E-state index contributed by atoms with van der Waals surface area (Å²) in [4.78, 5) is 42.6. The Morgan fingerprint density at radius 2 is 1.79 bits per heavy atom. The number of thiophene rings is 1. The van der Waals surface area contributed by atoms with Gasteiger partial charge in [-0.05, 0) is 55.0 Å². The number of ether oxygens (including phenoxy) is 1. The molecular weight excluding hydrogens is 388 g/mol. The van der Waals surface area contributed by atoms with Gasteiger partial charge in [0.2, 0.25) is 0 Å². The molecule has 2 aliphatic rings. The smallest absolute Gasteiger partial charge is 0.338 e. The number of carbonyl (C=O) groups is 3. The van der Waals surface area contributed by atoms with Crippen LogP contribution in [0.2, 0.25) is 0 Å². The summed E-state index contributed by atoms with van der Waals surface area (Å²) in [6.07, 6.45) is 2.77. The number of nitrogens with zero attached hydrogens (tertiary/aromatic N) is 2. The van der Waals surface area contributed by atoms with Crippen molar-refractivity contribution in [2.75, 3.05) is 24.6 Å². The largest absolute Gasteiger partial charge is 0.462 e. The first-order valence-electron chi connectivity index (χ1n) is 9.81. The highest BCUT2D eigenvalue weighted by atomic mass is 32.1. The lowest BCUT2D eigenvalue weighted by atomic mass is 10.1. The van der Waals surface area contributed by atoms with Gasteiger partial charge in [0.1, 0.15) is 5.70 Å². The third-order valence-electron chi connectivity index (χ3n) is 5.05. The van der Waals surface area contributed by atoms with Crippen LogP contribution in [0.5, 0.6) is 0 Å². The summed E-state index contributed by atoms with van der Waals surface area (Å²) in [5, 5.41) is 1.90. The second-order valence-corrected chi connectivity index (χ2v) is 7.97. The normalized spacial score (nSPS) is 16.9. The van der Waals surface area contributed by atoms with Crippen molar-refractivity contribution in [1.82, 2.24) is 4.90 Å². The average molecular weight is 410 g/mol. The molecule has 4 rings (SSSR count). The second kappa shape index (κ2) is 8.21. The molecule has 1 aromatic heterocycles. The van der Waals surface area contributed by atoms with Crippen LogP contribution in [0.25, 0.3) is 5.57 Å². The number of rotatable bonds is 6.